The van der Waals surface area contributed by atoms with Crippen LogP contribution in [0.3, 0.4) is 0 Å². The Bertz CT molecular complexity index is 985. The number of benzene rings is 1. The molecule has 0 aliphatic rings. The van der Waals surface area contributed by atoms with Crippen LogP contribution in [-0.4, -0.2) is 14.6 Å². The van der Waals surface area contributed by atoms with Crippen LogP contribution in [0.15, 0.2) is 39.3 Å². The van der Waals surface area contributed by atoms with Crippen LogP contribution >= 0.6 is 0 Å². The lowest BCUT2D eigenvalue weighted by Gasteiger charge is -2.13. The molecule has 8 nitrogen and oxygen atoms in total. The van der Waals surface area contributed by atoms with Gasteiger partial charge in [-0.25, -0.2) is 0 Å². The molecule has 0 radical (unpaired) electrons. The lowest BCUT2D eigenvalue weighted by molar-refractivity contribution is -0.384. The van der Waals surface area contributed by atoms with E-state index in [1.807, 2.05) is 0 Å². The lowest BCUT2D eigenvalue weighted by Crippen LogP contribution is -2.24. The number of terminal acetylenes is 1. The summed E-state index contributed by atoms with van der Waals surface area (Å²) in [6.45, 7) is 4.02. The van der Waals surface area contributed by atoms with Gasteiger partial charge in [-0.2, -0.15) is 5.11 Å². The number of azo groups is 1. The quantitative estimate of drug-likeness (QED) is 0.233. The van der Waals surface area contributed by atoms with Gasteiger partial charge < -0.3 is 5.11 Å². The first kappa shape index (κ1) is 20.8. The van der Waals surface area contributed by atoms with Crippen LogP contribution in [0.2, 0.25) is 0 Å². The number of nitro groups is 1. The second kappa shape index (κ2) is 9.46. The summed E-state index contributed by atoms with van der Waals surface area (Å²) >= 11 is 0. The SMILES string of the molecule is C#Cc1c(C)c(/N=N/c2ccc([N+](=O)[O-])cc2)c(O)n(CCCCCC)c1=O. The van der Waals surface area contributed by atoms with Gasteiger partial charge in [-0.1, -0.05) is 32.1 Å². The van der Waals surface area contributed by atoms with Gasteiger partial charge in [0.05, 0.1) is 16.2 Å². The fourth-order valence-electron chi connectivity index (χ4n) is 2.75. The van der Waals surface area contributed by atoms with Crippen molar-refractivity contribution in [3.05, 3.63) is 55.9 Å². The molecule has 0 aliphatic heterocycles. The minimum Gasteiger partial charge on any atom is -0.493 e. The zero-order valence-corrected chi connectivity index (χ0v) is 15.9. The number of aromatic nitrogens is 1. The van der Waals surface area contributed by atoms with Crippen LogP contribution in [0.5, 0.6) is 5.88 Å². The van der Waals surface area contributed by atoms with Crippen LogP contribution in [0.1, 0.15) is 43.7 Å². The first-order valence-electron chi connectivity index (χ1n) is 8.99. The molecule has 8 heteroatoms. The summed E-state index contributed by atoms with van der Waals surface area (Å²) in [6, 6.07) is 5.50. The summed E-state index contributed by atoms with van der Waals surface area (Å²) in [6.07, 6.45) is 9.24. The largest absolute Gasteiger partial charge is 0.493 e. The summed E-state index contributed by atoms with van der Waals surface area (Å²) < 4.78 is 1.22. The molecule has 2 rings (SSSR count). The highest BCUT2D eigenvalue weighted by atomic mass is 16.6. The van der Waals surface area contributed by atoms with Gasteiger partial charge >= 0.3 is 0 Å². The Hall–Kier alpha value is -3.47. The molecule has 1 aromatic heterocycles. The van der Waals surface area contributed by atoms with Gasteiger partial charge in [-0.15, -0.1) is 11.5 Å². The number of hydrogen-bond donors (Lipinski definition) is 1. The van der Waals surface area contributed by atoms with Crippen molar-refractivity contribution in [2.75, 3.05) is 0 Å². The second-order valence-electron chi connectivity index (χ2n) is 6.31. The van der Waals surface area contributed by atoms with Crippen molar-refractivity contribution < 1.29 is 10.0 Å². The third-order valence-corrected chi connectivity index (χ3v) is 4.36. The molecular weight excluding hydrogens is 360 g/mol. The van der Waals surface area contributed by atoms with E-state index in [2.05, 4.69) is 23.1 Å². The second-order valence-corrected chi connectivity index (χ2v) is 6.31. The van der Waals surface area contributed by atoms with E-state index in [0.717, 1.165) is 25.7 Å². The number of hydrogen-bond acceptors (Lipinski definition) is 6. The molecule has 0 bridgehead atoms. The van der Waals surface area contributed by atoms with Crippen LogP contribution in [-0.2, 0) is 6.54 Å². The highest BCUT2D eigenvalue weighted by Crippen LogP contribution is 2.32. The summed E-state index contributed by atoms with van der Waals surface area (Å²) in [7, 11) is 0. The Balaban J connectivity index is 2.40. The molecule has 1 aromatic carbocycles. The normalized spacial score (nSPS) is 10.9. The minimum absolute atomic E-state index is 0.0618. The van der Waals surface area contributed by atoms with E-state index in [1.165, 1.54) is 28.8 Å². The zero-order valence-electron chi connectivity index (χ0n) is 15.9. The van der Waals surface area contributed by atoms with Crippen molar-refractivity contribution in [1.82, 2.24) is 4.57 Å². The van der Waals surface area contributed by atoms with Gasteiger partial charge in [0.2, 0.25) is 5.88 Å². The van der Waals surface area contributed by atoms with Crippen molar-refractivity contribution in [2.24, 2.45) is 10.2 Å². The maximum absolute atomic E-state index is 12.6. The van der Waals surface area contributed by atoms with Gasteiger partial charge in [-0.05, 0) is 25.5 Å². The van der Waals surface area contributed by atoms with E-state index in [-0.39, 0.29) is 22.8 Å². The number of pyridine rings is 1. The van der Waals surface area contributed by atoms with Crippen molar-refractivity contribution in [3.63, 3.8) is 0 Å². The standard InChI is InChI=1S/C20H22N4O4/c1-4-6-7-8-13-23-19(25)17(5-2)14(3)18(20(23)26)22-21-15-9-11-16(12-10-15)24(27)28/h2,9-12,26H,4,6-8,13H2,1,3H3/b22-21+. The van der Waals surface area contributed by atoms with E-state index >= 15 is 0 Å². The molecule has 1 N–H and O–H groups in total. The minimum atomic E-state index is -0.509. The van der Waals surface area contributed by atoms with Gasteiger partial charge in [0.1, 0.15) is 0 Å². The molecule has 0 atom stereocenters. The molecule has 0 spiro atoms. The van der Waals surface area contributed by atoms with Gasteiger partial charge in [0.25, 0.3) is 11.2 Å². The van der Waals surface area contributed by atoms with Crippen molar-refractivity contribution >= 4 is 17.1 Å². The van der Waals surface area contributed by atoms with E-state index < -0.39 is 10.5 Å². The first-order chi connectivity index (χ1) is 13.4. The highest BCUT2D eigenvalue weighted by Gasteiger charge is 2.18. The molecule has 28 heavy (non-hydrogen) atoms. The number of rotatable bonds is 8. The average molecular weight is 382 g/mol. The molecule has 0 aliphatic carbocycles. The summed E-state index contributed by atoms with van der Waals surface area (Å²) in [5, 5.41) is 29.4. The van der Waals surface area contributed by atoms with Crippen LogP contribution in [0.25, 0.3) is 0 Å². The molecule has 2 aromatic rings. The van der Waals surface area contributed by atoms with Crippen molar-refractivity contribution in [3.8, 4) is 18.2 Å². The average Bonchev–Trinajstić information content (AvgIpc) is 2.68. The smallest absolute Gasteiger partial charge is 0.269 e. The number of aromatic hydroxyl groups is 1. The lowest BCUT2D eigenvalue weighted by atomic mass is 10.1. The van der Waals surface area contributed by atoms with Crippen LogP contribution in [0.4, 0.5) is 17.1 Å². The first-order valence-corrected chi connectivity index (χ1v) is 8.99. The fourth-order valence-corrected chi connectivity index (χ4v) is 2.75. The third kappa shape index (κ3) is 4.62. The van der Waals surface area contributed by atoms with E-state index in [0.29, 0.717) is 17.8 Å². The number of non-ortho nitro benzene ring substituents is 1. The molecule has 0 fully saturated rings. The van der Waals surface area contributed by atoms with E-state index in [9.17, 15) is 20.0 Å². The van der Waals surface area contributed by atoms with Gasteiger partial charge in [-0.3, -0.25) is 19.5 Å². The Morgan fingerprint density at radius 2 is 1.89 bits per heavy atom. The Morgan fingerprint density at radius 1 is 1.21 bits per heavy atom. The zero-order chi connectivity index (χ0) is 20.7. The molecular formula is C20H22N4O4. The molecule has 0 saturated carbocycles. The molecule has 0 unspecified atom stereocenters. The van der Waals surface area contributed by atoms with Crippen LogP contribution < -0.4 is 5.56 Å². The summed E-state index contributed by atoms with van der Waals surface area (Å²) in [5.41, 5.74) is 0.483. The predicted octanol–water partition coefficient (Wildman–Crippen LogP) is 4.75. The monoisotopic (exact) mass is 382 g/mol. The summed E-state index contributed by atoms with van der Waals surface area (Å²) in [5.74, 6) is 2.08. The topological polar surface area (TPSA) is 110 Å². The Kier molecular flexibility index (Phi) is 7.04. The highest BCUT2D eigenvalue weighted by molar-refractivity contribution is 5.60. The Morgan fingerprint density at radius 3 is 2.46 bits per heavy atom. The number of nitrogens with zero attached hydrogens (tertiary/aromatic N) is 4. The molecule has 0 saturated heterocycles. The van der Waals surface area contributed by atoms with E-state index in [1.54, 1.807) is 6.92 Å². The van der Waals surface area contributed by atoms with Gasteiger partial charge in [0.15, 0.2) is 5.69 Å². The third-order valence-electron chi connectivity index (χ3n) is 4.36. The summed E-state index contributed by atoms with van der Waals surface area (Å²) in [4.78, 5) is 22.8. The fraction of sp³-hybridized carbons (Fsp3) is 0.350. The number of unbranched alkanes of at least 4 members (excludes halogenated alkanes) is 3. The predicted molar refractivity (Wildman–Crippen MR) is 106 cm³/mol. The van der Waals surface area contributed by atoms with Gasteiger partial charge in [0, 0.05) is 24.2 Å². The maximum Gasteiger partial charge on any atom is 0.269 e. The molecule has 0 amide bonds. The number of nitro benzene ring substituents is 1. The van der Waals surface area contributed by atoms with Crippen molar-refractivity contribution in [2.45, 2.75) is 46.1 Å². The van der Waals surface area contributed by atoms with Crippen LogP contribution in [0, 0.1) is 29.4 Å². The molecule has 1 heterocycles. The Labute approximate surface area is 162 Å². The molecule has 146 valence electrons. The van der Waals surface area contributed by atoms with Crippen molar-refractivity contribution in [1.29, 1.82) is 0 Å². The maximum atomic E-state index is 12.6. The van der Waals surface area contributed by atoms with E-state index in [4.69, 9.17) is 6.42 Å².